The van der Waals surface area contributed by atoms with E-state index in [1.54, 1.807) is 20.1 Å². The van der Waals surface area contributed by atoms with Gasteiger partial charge in [0.15, 0.2) is 0 Å². The third-order valence-corrected chi connectivity index (χ3v) is 3.45. The number of carbonyl (C=O) groups is 1. The number of methoxy groups -OCH3 is 1. The third-order valence-electron chi connectivity index (χ3n) is 3.45. The predicted octanol–water partition coefficient (Wildman–Crippen LogP) is 3.92. The van der Waals surface area contributed by atoms with Crippen molar-refractivity contribution in [2.75, 3.05) is 13.7 Å². The fraction of sp³-hybridized carbons (Fsp3) is 0.278. The Morgan fingerprint density at radius 2 is 1.86 bits per heavy atom. The molecule has 22 heavy (non-hydrogen) atoms. The second kappa shape index (κ2) is 7.59. The first-order valence-electron chi connectivity index (χ1n) is 7.19. The lowest BCUT2D eigenvalue weighted by molar-refractivity contribution is -0.143. The maximum absolute atomic E-state index is 13.5. The summed E-state index contributed by atoms with van der Waals surface area (Å²) in [5, 5.41) is 0. The molecule has 2 rings (SSSR count). The van der Waals surface area contributed by atoms with Crippen molar-refractivity contribution < 1.29 is 18.7 Å². The van der Waals surface area contributed by atoms with Crippen molar-refractivity contribution in [3.05, 3.63) is 65.5 Å². The van der Waals surface area contributed by atoms with E-state index in [1.807, 2.05) is 30.3 Å². The third kappa shape index (κ3) is 4.07. The molecule has 0 aliphatic carbocycles. The average molecular weight is 302 g/mol. The van der Waals surface area contributed by atoms with Gasteiger partial charge in [0.25, 0.3) is 0 Å². The second-order valence-corrected chi connectivity index (χ2v) is 4.89. The highest BCUT2D eigenvalue weighted by molar-refractivity contribution is 5.71. The van der Waals surface area contributed by atoms with Gasteiger partial charge in [0.05, 0.1) is 20.1 Å². The molecule has 0 bridgehead atoms. The van der Waals surface area contributed by atoms with Gasteiger partial charge in [-0.15, -0.1) is 0 Å². The molecule has 0 spiro atoms. The van der Waals surface area contributed by atoms with Crippen LogP contribution < -0.4 is 4.74 Å². The van der Waals surface area contributed by atoms with Gasteiger partial charge in [-0.25, -0.2) is 4.39 Å². The van der Waals surface area contributed by atoms with E-state index >= 15 is 0 Å². The number of ether oxygens (including phenoxy) is 2. The molecule has 0 aromatic heterocycles. The van der Waals surface area contributed by atoms with E-state index in [-0.39, 0.29) is 24.1 Å². The number of hydrogen-bond acceptors (Lipinski definition) is 3. The smallest absolute Gasteiger partial charge is 0.306 e. The van der Waals surface area contributed by atoms with Crippen LogP contribution in [0.2, 0.25) is 0 Å². The summed E-state index contributed by atoms with van der Waals surface area (Å²) in [7, 11) is 1.59. The molecule has 0 N–H and O–H groups in total. The second-order valence-electron chi connectivity index (χ2n) is 4.89. The number of rotatable bonds is 6. The van der Waals surface area contributed by atoms with Crippen molar-refractivity contribution in [3.8, 4) is 5.75 Å². The molecule has 2 aromatic rings. The molecule has 0 radical (unpaired) electrons. The predicted molar refractivity (Wildman–Crippen MR) is 82.5 cm³/mol. The molecular formula is C18H19FO3. The Labute approximate surface area is 129 Å². The summed E-state index contributed by atoms with van der Waals surface area (Å²) in [5.74, 6) is -0.133. The van der Waals surface area contributed by atoms with Crippen LogP contribution in [-0.4, -0.2) is 19.7 Å². The minimum atomic E-state index is -0.320. The number of hydrogen-bond donors (Lipinski definition) is 0. The SMILES string of the molecule is CCOC(=O)C[C@@H](c1ccc(OC)cc1)c1cccc(F)c1. The van der Waals surface area contributed by atoms with Crippen LogP contribution >= 0.6 is 0 Å². The van der Waals surface area contributed by atoms with Gasteiger partial charge in [-0.2, -0.15) is 0 Å². The molecule has 0 heterocycles. The highest BCUT2D eigenvalue weighted by Gasteiger charge is 2.19. The van der Waals surface area contributed by atoms with E-state index in [4.69, 9.17) is 9.47 Å². The molecule has 0 saturated carbocycles. The van der Waals surface area contributed by atoms with E-state index in [2.05, 4.69) is 0 Å². The van der Waals surface area contributed by atoms with Crippen LogP contribution in [0, 0.1) is 5.82 Å². The molecular weight excluding hydrogens is 283 g/mol. The Kier molecular flexibility index (Phi) is 5.53. The van der Waals surface area contributed by atoms with Crippen LogP contribution in [0.15, 0.2) is 48.5 Å². The molecule has 0 saturated heterocycles. The fourth-order valence-electron chi connectivity index (χ4n) is 2.37. The van der Waals surface area contributed by atoms with Crippen molar-refractivity contribution in [2.24, 2.45) is 0 Å². The van der Waals surface area contributed by atoms with Crippen LogP contribution in [0.1, 0.15) is 30.4 Å². The zero-order valence-corrected chi connectivity index (χ0v) is 12.7. The van der Waals surface area contributed by atoms with Crippen molar-refractivity contribution >= 4 is 5.97 Å². The quantitative estimate of drug-likeness (QED) is 0.759. The monoisotopic (exact) mass is 302 g/mol. The minimum absolute atomic E-state index is 0.170. The summed E-state index contributed by atoms with van der Waals surface area (Å²) < 4.78 is 23.7. The molecule has 3 nitrogen and oxygen atoms in total. The Hall–Kier alpha value is -2.36. The lowest BCUT2D eigenvalue weighted by Crippen LogP contribution is -2.12. The molecule has 0 aliphatic rings. The molecule has 2 aromatic carbocycles. The maximum Gasteiger partial charge on any atom is 0.306 e. The molecule has 0 aliphatic heterocycles. The fourth-order valence-corrected chi connectivity index (χ4v) is 2.37. The van der Waals surface area contributed by atoms with E-state index in [9.17, 15) is 9.18 Å². The molecule has 1 atom stereocenters. The van der Waals surface area contributed by atoms with E-state index in [0.717, 1.165) is 16.9 Å². The van der Waals surface area contributed by atoms with E-state index in [0.29, 0.717) is 6.61 Å². The van der Waals surface area contributed by atoms with Crippen LogP contribution in [0.4, 0.5) is 4.39 Å². The van der Waals surface area contributed by atoms with Crippen LogP contribution in [0.25, 0.3) is 0 Å². The summed E-state index contributed by atoms with van der Waals surface area (Å²) in [5.41, 5.74) is 1.66. The van der Waals surface area contributed by atoms with Gasteiger partial charge in [0, 0.05) is 5.92 Å². The zero-order chi connectivity index (χ0) is 15.9. The molecule has 4 heteroatoms. The Bertz CT molecular complexity index is 622. The summed E-state index contributed by atoms with van der Waals surface area (Å²) in [6.07, 6.45) is 0.170. The summed E-state index contributed by atoms with van der Waals surface area (Å²) >= 11 is 0. The number of halogens is 1. The summed E-state index contributed by atoms with van der Waals surface area (Å²) in [4.78, 5) is 11.9. The maximum atomic E-state index is 13.5. The molecule has 0 amide bonds. The Balaban J connectivity index is 2.33. The van der Waals surface area contributed by atoms with Crippen molar-refractivity contribution in [1.29, 1.82) is 0 Å². The Morgan fingerprint density at radius 1 is 1.14 bits per heavy atom. The number of benzene rings is 2. The molecule has 0 fully saturated rings. The van der Waals surface area contributed by atoms with Gasteiger partial charge < -0.3 is 9.47 Å². The highest BCUT2D eigenvalue weighted by Crippen LogP contribution is 2.30. The standard InChI is InChI=1S/C18H19FO3/c1-3-22-18(20)12-17(14-5-4-6-15(19)11-14)13-7-9-16(21-2)10-8-13/h4-11,17H,3,12H2,1-2H3/t17-/m0/s1. The van der Waals surface area contributed by atoms with Gasteiger partial charge in [-0.3, -0.25) is 4.79 Å². The number of carbonyl (C=O) groups excluding carboxylic acids is 1. The van der Waals surface area contributed by atoms with Crippen molar-refractivity contribution in [3.63, 3.8) is 0 Å². The largest absolute Gasteiger partial charge is 0.497 e. The van der Waals surface area contributed by atoms with Gasteiger partial charge in [0.2, 0.25) is 0 Å². The van der Waals surface area contributed by atoms with Gasteiger partial charge in [-0.1, -0.05) is 24.3 Å². The normalized spacial score (nSPS) is 11.8. The van der Waals surface area contributed by atoms with Crippen LogP contribution in [0.5, 0.6) is 5.75 Å². The average Bonchev–Trinajstić information content (AvgIpc) is 2.53. The molecule has 0 unspecified atom stereocenters. The zero-order valence-electron chi connectivity index (χ0n) is 12.7. The topological polar surface area (TPSA) is 35.5 Å². The first kappa shape index (κ1) is 16.0. The van der Waals surface area contributed by atoms with Crippen LogP contribution in [-0.2, 0) is 9.53 Å². The van der Waals surface area contributed by atoms with E-state index < -0.39 is 0 Å². The number of esters is 1. The van der Waals surface area contributed by atoms with E-state index in [1.165, 1.54) is 12.1 Å². The first-order chi connectivity index (χ1) is 10.6. The summed E-state index contributed by atoms with van der Waals surface area (Å²) in [6, 6.07) is 13.7. The highest BCUT2D eigenvalue weighted by atomic mass is 19.1. The lowest BCUT2D eigenvalue weighted by Gasteiger charge is -2.17. The van der Waals surface area contributed by atoms with Crippen LogP contribution in [0.3, 0.4) is 0 Å². The van der Waals surface area contributed by atoms with Crippen molar-refractivity contribution in [2.45, 2.75) is 19.3 Å². The van der Waals surface area contributed by atoms with Gasteiger partial charge in [0.1, 0.15) is 11.6 Å². The Morgan fingerprint density at radius 3 is 2.45 bits per heavy atom. The lowest BCUT2D eigenvalue weighted by atomic mass is 9.88. The van der Waals surface area contributed by atoms with Gasteiger partial charge >= 0.3 is 5.97 Å². The summed E-state index contributed by atoms with van der Waals surface area (Å²) in [6.45, 7) is 2.10. The molecule has 116 valence electrons. The van der Waals surface area contributed by atoms with Gasteiger partial charge in [-0.05, 0) is 42.3 Å². The first-order valence-corrected chi connectivity index (χ1v) is 7.19. The van der Waals surface area contributed by atoms with Crippen molar-refractivity contribution in [1.82, 2.24) is 0 Å². The minimum Gasteiger partial charge on any atom is -0.497 e.